The summed E-state index contributed by atoms with van der Waals surface area (Å²) in [7, 11) is -2.22. The van der Waals surface area contributed by atoms with Crippen LogP contribution in [-0.4, -0.2) is 26.4 Å². The molecule has 0 aliphatic rings. The third-order valence-electron chi connectivity index (χ3n) is 5.21. The molecule has 0 fully saturated rings. The summed E-state index contributed by atoms with van der Waals surface area (Å²) >= 11 is 0. The molecule has 6 heteroatoms. The summed E-state index contributed by atoms with van der Waals surface area (Å²) in [6.45, 7) is 16.8. The van der Waals surface area contributed by atoms with Gasteiger partial charge in [-0.2, -0.15) is 0 Å². The summed E-state index contributed by atoms with van der Waals surface area (Å²) < 4.78 is 18.3. The number of ether oxygens (including phenoxy) is 2. The lowest BCUT2D eigenvalue weighted by Gasteiger charge is -2.40. The molecule has 0 aliphatic heterocycles. The molecule has 170 valence electrons. The van der Waals surface area contributed by atoms with Crippen molar-refractivity contribution in [3.63, 3.8) is 0 Å². The van der Waals surface area contributed by atoms with Gasteiger partial charge in [-0.15, -0.1) is 0 Å². The first-order valence-corrected chi connectivity index (χ1v) is 13.6. The molecular weight excluding hydrogens is 406 g/mol. The number of benzene rings is 2. The van der Waals surface area contributed by atoms with Gasteiger partial charge in [0.1, 0.15) is 30.2 Å². The van der Waals surface area contributed by atoms with Crippen LogP contribution in [0, 0.1) is 0 Å². The molecule has 2 aromatic rings. The number of hydrogen-bond acceptors (Lipinski definition) is 5. The monoisotopic (exact) mass is 443 g/mol. The maximum Gasteiger partial charge on any atom is 0.328 e. The van der Waals surface area contributed by atoms with Crippen LogP contribution in [0.25, 0.3) is 0 Å². The summed E-state index contributed by atoms with van der Waals surface area (Å²) in [5.41, 5.74) is 1.22. The van der Waals surface area contributed by atoms with E-state index in [2.05, 4.69) is 33.9 Å². The van der Waals surface area contributed by atoms with E-state index in [0.29, 0.717) is 18.0 Å². The standard InChI is InChI=1S/C25H37NO4Si/c1-24(2,3)29-23(27)18-26(30-31(7,8)25(4,5)6)21-16-12-13-17-22(21)28-19-20-14-10-9-11-15-20/h9-17H,18-19H2,1-8H3. The van der Waals surface area contributed by atoms with Gasteiger partial charge >= 0.3 is 5.97 Å². The number of hydrogen-bond donors (Lipinski definition) is 0. The number of rotatable bonds is 8. The van der Waals surface area contributed by atoms with E-state index in [1.165, 1.54) is 0 Å². The maximum atomic E-state index is 12.7. The van der Waals surface area contributed by atoms with Crippen molar-refractivity contribution >= 4 is 20.0 Å². The average molecular weight is 444 g/mol. The van der Waals surface area contributed by atoms with Gasteiger partial charge in [0, 0.05) is 0 Å². The molecule has 0 saturated heterocycles. The summed E-state index contributed by atoms with van der Waals surface area (Å²) in [4.78, 5) is 12.7. The van der Waals surface area contributed by atoms with Gasteiger partial charge in [0.2, 0.25) is 8.32 Å². The Labute approximate surface area is 188 Å². The highest BCUT2D eigenvalue weighted by molar-refractivity contribution is 6.74. The molecule has 0 amide bonds. The zero-order valence-corrected chi connectivity index (χ0v) is 21.2. The molecule has 2 aromatic carbocycles. The third kappa shape index (κ3) is 7.71. The molecule has 31 heavy (non-hydrogen) atoms. The molecule has 2 rings (SSSR count). The minimum Gasteiger partial charge on any atom is -0.487 e. The van der Waals surface area contributed by atoms with Crippen LogP contribution in [0.5, 0.6) is 5.75 Å². The van der Waals surface area contributed by atoms with Gasteiger partial charge in [-0.25, -0.2) is 0 Å². The second kappa shape index (κ2) is 9.87. The number of esters is 1. The molecule has 0 saturated carbocycles. The predicted octanol–water partition coefficient (Wildman–Crippen LogP) is 6.35. The van der Waals surface area contributed by atoms with E-state index in [9.17, 15) is 4.79 Å². The first-order valence-electron chi connectivity index (χ1n) is 10.7. The Morgan fingerprint density at radius 1 is 0.903 bits per heavy atom. The largest absolute Gasteiger partial charge is 0.487 e. The molecule has 0 aromatic heterocycles. The molecule has 0 atom stereocenters. The lowest BCUT2D eigenvalue weighted by molar-refractivity contribution is -0.153. The highest BCUT2D eigenvalue weighted by Gasteiger charge is 2.41. The van der Waals surface area contributed by atoms with Gasteiger partial charge in [-0.05, 0) is 56.6 Å². The van der Waals surface area contributed by atoms with E-state index >= 15 is 0 Å². The lowest BCUT2D eigenvalue weighted by Crippen LogP contribution is -2.48. The zero-order valence-electron chi connectivity index (χ0n) is 20.2. The Morgan fingerprint density at radius 3 is 2.06 bits per heavy atom. The molecule has 0 radical (unpaired) electrons. The molecule has 0 N–H and O–H groups in total. The van der Waals surface area contributed by atoms with Crippen LogP contribution < -0.4 is 9.80 Å². The van der Waals surface area contributed by atoms with Crippen LogP contribution in [0.15, 0.2) is 54.6 Å². The van der Waals surface area contributed by atoms with Crippen molar-refractivity contribution in [3.8, 4) is 5.75 Å². The zero-order chi connectivity index (χ0) is 23.3. The van der Waals surface area contributed by atoms with Crippen LogP contribution in [-0.2, 0) is 20.7 Å². The van der Waals surface area contributed by atoms with E-state index in [1.54, 1.807) is 5.06 Å². The van der Waals surface area contributed by atoms with Crippen molar-refractivity contribution in [2.24, 2.45) is 0 Å². The van der Waals surface area contributed by atoms with Crippen molar-refractivity contribution in [1.82, 2.24) is 0 Å². The van der Waals surface area contributed by atoms with Crippen LogP contribution >= 0.6 is 0 Å². The molecule has 5 nitrogen and oxygen atoms in total. The number of anilines is 1. The van der Waals surface area contributed by atoms with Crippen molar-refractivity contribution in [2.45, 2.75) is 71.9 Å². The van der Waals surface area contributed by atoms with Crippen LogP contribution in [0.4, 0.5) is 5.69 Å². The smallest absolute Gasteiger partial charge is 0.328 e. The SMILES string of the molecule is CC(C)(C)OC(=O)CN(O[Si](C)(C)C(C)(C)C)c1ccccc1OCc1ccccc1. The second-order valence-corrected chi connectivity index (χ2v) is 14.9. The van der Waals surface area contributed by atoms with Crippen molar-refractivity contribution in [1.29, 1.82) is 0 Å². The topological polar surface area (TPSA) is 48.0 Å². The van der Waals surface area contributed by atoms with E-state index in [-0.39, 0.29) is 17.6 Å². The number of hydroxylamine groups is 1. The predicted molar refractivity (Wildman–Crippen MR) is 129 cm³/mol. The number of carbonyl (C=O) groups is 1. The van der Waals surface area contributed by atoms with Gasteiger partial charge < -0.3 is 14.0 Å². The fraction of sp³-hybridized carbons (Fsp3) is 0.480. The Bertz CT molecular complexity index is 854. The molecule has 0 unspecified atom stereocenters. The quantitative estimate of drug-likeness (QED) is 0.270. The minimum absolute atomic E-state index is 0.0184. The molecular formula is C25H37NO4Si. The number of carbonyl (C=O) groups excluding carboxylic acids is 1. The van der Waals surface area contributed by atoms with Gasteiger partial charge in [-0.1, -0.05) is 63.2 Å². The molecule has 0 heterocycles. The van der Waals surface area contributed by atoms with Gasteiger partial charge in [0.15, 0.2) is 0 Å². The normalized spacial score (nSPS) is 12.4. The van der Waals surface area contributed by atoms with E-state index < -0.39 is 13.9 Å². The highest BCUT2D eigenvalue weighted by atomic mass is 28.4. The minimum atomic E-state index is -2.22. The summed E-state index contributed by atoms with van der Waals surface area (Å²) in [6.07, 6.45) is 0. The fourth-order valence-corrected chi connectivity index (χ4v) is 3.58. The molecule has 0 bridgehead atoms. The number of para-hydroxylation sites is 2. The maximum absolute atomic E-state index is 12.7. The highest BCUT2D eigenvalue weighted by Crippen LogP contribution is 2.39. The molecule has 0 spiro atoms. The van der Waals surface area contributed by atoms with Gasteiger partial charge in [0.05, 0.1) is 0 Å². The second-order valence-electron chi connectivity index (χ2n) is 10.2. The van der Waals surface area contributed by atoms with Crippen molar-refractivity contribution in [2.75, 3.05) is 11.6 Å². The van der Waals surface area contributed by atoms with E-state index in [4.69, 9.17) is 14.0 Å². The van der Waals surface area contributed by atoms with Crippen LogP contribution in [0.1, 0.15) is 47.1 Å². The van der Waals surface area contributed by atoms with Crippen LogP contribution in [0.3, 0.4) is 0 Å². The Balaban J connectivity index is 2.33. The summed E-state index contributed by atoms with van der Waals surface area (Å²) in [6, 6.07) is 17.6. The Kier molecular flexibility index (Phi) is 7.95. The first-order chi connectivity index (χ1) is 14.3. The summed E-state index contributed by atoms with van der Waals surface area (Å²) in [5.74, 6) is 0.317. The lowest BCUT2D eigenvalue weighted by atomic mass is 10.2. The number of nitrogens with zero attached hydrogens (tertiary/aromatic N) is 1. The summed E-state index contributed by atoms with van der Waals surface area (Å²) in [5, 5.41) is 1.63. The molecule has 0 aliphatic carbocycles. The Hall–Kier alpha value is -2.31. The van der Waals surface area contributed by atoms with Crippen molar-refractivity contribution < 1.29 is 18.8 Å². The Morgan fingerprint density at radius 2 is 1.48 bits per heavy atom. The average Bonchev–Trinajstić information content (AvgIpc) is 2.64. The third-order valence-corrected chi connectivity index (χ3v) is 9.50. The van der Waals surface area contributed by atoms with Gasteiger partial charge in [-0.3, -0.25) is 9.86 Å². The first kappa shape index (κ1) is 25.0. The fourth-order valence-electron chi connectivity index (χ4n) is 2.59. The van der Waals surface area contributed by atoms with E-state index in [1.807, 2.05) is 75.4 Å². The van der Waals surface area contributed by atoms with Crippen LogP contribution in [0.2, 0.25) is 18.1 Å². The van der Waals surface area contributed by atoms with Crippen molar-refractivity contribution in [3.05, 3.63) is 60.2 Å². The van der Waals surface area contributed by atoms with E-state index in [0.717, 1.165) is 5.56 Å². The van der Waals surface area contributed by atoms with Gasteiger partial charge in [0.25, 0.3) is 0 Å².